The number of nitrogens with zero attached hydrogens (tertiary/aromatic N) is 1. The Balaban J connectivity index is 3.87. The van der Waals surface area contributed by atoms with Crippen LogP contribution in [0, 0.1) is 0 Å². The molecule has 0 heterocycles. The fourth-order valence-electron chi connectivity index (χ4n) is 3.09. The maximum absolute atomic E-state index is 12.0. The summed E-state index contributed by atoms with van der Waals surface area (Å²) in [5.41, 5.74) is 0. The minimum atomic E-state index is -2.94. The van der Waals surface area contributed by atoms with E-state index in [-0.39, 0.29) is 6.42 Å². The maximum Gasteiger partial charge on any atom is 0.321 e. The minimum Gasteiger partial charge on any atom is -0.481 e. The van der Waals surface area contributed by atoms with E-state index in [1.807, 2.05) is 21.1 Å². The number of aliphatic hydroxyl groups is 1. The molecule has 0 aromatic heterocycles. The van der Waals surface area contributed by atoms with E-state index in [1.54, 1.807) is 0 Å². The molecule has 0 bridgehead atoms. The fraction of sp³-hybridized carbons (Fsp3) is 0.950. The third-order valence-corrected chi connectivity index (χ3v) is 5.44. The highest BCUT2D eigenvalue weighted by Gasteiger charge is 2.24. The zero-order valence-corrected chi connectivity index (χ0v) is 19.3. The van der Waals surface area contributed by atoms with Crippen LogP contribution in [-0.2, 0) is 18.4 Å². The van der Waals surface area contributed by atoms with Gasteiger partial charge in [0, 0.05) is 0 Å². The lowest BCUT2D eigenvalue weighted by Crippen LogP contribution is -2.42. The molecule has 0 radical (unpaired) electrons. The van der Waals surface area contributed by atoms with Crippen LogP contribution >= 0.6 is 8.25 Å². The molecular weight excluding hydrogens is 381 g/mol. The van der Waals surface area contributed by atoms with Crippen LogP contribution in [0.25, 0.3) is 0 Å². The van der Waals surface area contributed by atoms with Crippen molar-refractivity contribution in [3.8, 4) is 0 Å². The van der Waals surface area contributed by atoms with Crippen molar-refractivity contribution in [1.82, 2.24) is 0 Å². The summed E-state index contributed by atoms with van der Waals surface area (Å²) in [6.07, 6.45) is 10.3. The number of aliphatic hydroxyl groups excluding tert-OH is 1. The first kappa shape index (κ1) is 27.5. The van der Waals surface area contributed by atoms with Gasteiger partial charge < -0.3 is 19.2 Å². The van der Waals surface area contributed by atoms with Crippen LogP contribution in [0.2, 0.25) is 0 Å². The molecule has 0 saturated heterocycles. The fourth-order valence-corrected chi connectivity index (χ4v) is 3.91. The van der Waals surface area contributed by atoms with E-state index < -0.39 is 26.6 Å². The van der Waals surface area contributed by atoms with Gasteiger partial charge in [0.1, 0.15) is 12.6 Å². The highest BCUT2D eigenvalue weighted by molar-refractivity contribution is 7.33. The second-order valence-electron chi connectivity index (χ2n) is 8.60. The molecule has 0 fully saturated rings. The number of carboxylic acid groups (broad SMARTS) is 1. The Hall–Kier alpha value is -0.460. The zero-order valence-electron chi connectivity index (χ0n) is 18.3. The van der Waals surface area contributed by atoms with Gasteiger partial charge in [-0.05, 0) is 12.8 Å². The smallest absolute Gasteiger partial charge is 0.321 e. The maximum atomic E-state index is 12.0. The van der Waals surface area contributed by atoms with Gasteiger partial charge >= 0.3 is 14.2 Å². The minimum absolute atomic E-state index is 0.246. The summed E-state index contributed by atoms with van der Waals surface area (Å²) in [6.45, 7) is 2.61. The van der Waals surface area contributed by atoms with Gasteiger partial charge in [-0.15, -0.1) is 0 Å². The molecule has 0 amide bonds. The van der Waals surface area contributed by atoms with Gasteiger partial charge in [-0.3, -0.25) is 13.9 Å². The van der Waals surface area contributed by atoms with E-state index in [4.69, 9.17) is 14.2 Å². The zero-order chi connectivity index (χ0) is 21.4. The third-order valence-electron chi connectivity index (χ3n) is 4.45. The van der Waals surface area contributed by atoms with Crippen LogP contribution in [-0.4, -0.2) is 60.7 Å². The summed E-state index contributed by atoms with van der Waals surface area (Å²) >= 11 is 0. The molecule has 0 aromatic rings. The van der Waals surface area contributed by atoms with Crippen LogP contribution in [0.4, 0.5) is 0 Å². The molecule has 8 heteroatoms. The number of carboxylic acids is 1. The molecule has 0 aliphatic carbocycles. The lowest BCUT2D eigenvalue weighted by atomic mass is 10.1. The number of likely N-dealkylation sites (N-methyl/N-ethyl adjacent to an activating group) is 1. The predicted molar refractivity (Wildman–Crippen MR) is 113 cm³/mol. The standard InChI is InChI=1S/C20H42NO6P/c1-5-6-7-8-9-10-11-12-13-14-15-20(24)27-28(25)26-18(16-19(22)23)17-21(2,3)4/h18,20,24,28H,5-17H2,1-4H3/p+1/t18?,20-/m1/s1. The van der Waals surface area contributed by atoms with Crippen LogP contribution in [0.3, 0.4) is 0 Å². The van der Waals surface area contributed by atoms with Crippen LogP contribution in [0.1, 0.15) is 84.0 Å². The topological polar surface area (TPSA) is 93.1 Å². The summed E-state index contributed by atoms with van der Waals surface area (Å²) in [5.74, 6) is -1.01. The quantitative estimate of drug-likeness (QED) is 0.136. The molecule has 28 heavy (non-hydrogen) atoms. The van der Waals surface area contributed by atoms with Gasteiger partial charge in [0.25, 0.3) is 0 Å². The normalized spacial score (nSPS) is 15.3. The van der Waals surface area contributed by atoms with Gasteiger partial charge in [0.05, 0.1) is 27.6 Å². The Morgan fingerprint density at radius 3 is 1.89 bits per heavy atom. The molecule has 7 nitrogen and oxygen atoms in total. The van der Waals surface area contributed by atoms with Crippen LogP contribution < -0.4 is 0 Å². The molecule has 0 saturated carbocycles. The number of unbranched alkanes of at least 4 members (excludes halogenated alkanes) is 9. The van der Waals surface area contributed by atoms with Crippen molar-refractivity contribution in [1.29, 1.82) is 0 Å². The SMILES string of the molecule is CCCCCCCCCCCC[C@H](O)O[PH](=O)OC(CC(=O)O)C[N+](C)(C)C. The monoisotopic (exact) mass is 424 g/mol. The van der Waals surface area contributed by atoms with Crippen molar-refractivity contribution >= 4 is 14.2 Å². The van der Waals surface area contributed by atoms with Gasteiger partial charge in [-0.1, -0.05) is 64.7 Å². The van der Waals surface area contributed by atoms with Gasteiger partial charge in [0.2, 0.25) is 0 Å². The largest absolute Gasteiger partial charge is 0.481 e. The molecular formula is C20H43NO6P+. The lowest BCUT2D eigenvalue weighted by Gasteiger charge is -2.28. The highest BCUT2D eigenvalue weighted by atomic mass is 31.1. The number of rotatable bonds is 19. The first-order valence-corrected chi connectivity index (χ1v) is 11.9. The third kappa shape index (κ3) is 18.9. The van der Waals surface area contributed by atoms with Crippen molar-refractivity contribution in [2.45, 2.75) is 96.4 Å². The molecule has 0 aromatic carbocycles. The molecule has 0 rings (SSSR count). The lowest BCUT2D eigenvalue weighted by molar-refractivity contribution is -0.873. The van der Waals surface area contributed by atoms with Crippen LogP contribution in [0.15, 0.2) is 0 Å². The Morgan fingerprint density at radius 1 is 0.929 bits per heavy atom. The predicted octanol–water partition coefficient (Wildman–Crippen LogP) is 4.59. The average Bonchev–Trinajstić information content (AvgIpc) is 2.54. The second-order valence-corrected chi connectivity index (χ2v) is 9.58. The Bertz CT molecular complexity index is 427. The van der Waals surface area contributed by atoms with Crippen molar-refractivity contribution in [3.63, 3.8) is 0 Å². The number of carbonyl (C=O) groups is 1. The Kier molecular flexibility index (Phi) is 16.1. The van der Waals surface area contributed by atoms with E-state index in [0.717, 1.165) is 19.3 Å². The molecule has 0 aliphatic rings. The molecule has 2 unspecified atom stereocenters. The van der Waals surface area contributed by atoms with Crippen molar-refractivity contribution in [2.24, 2.45) is 0 Å². The van der Waals surface area contributed by atoms with Gasteiger partial charge in [-0.2, -0.15) is 0 Å². The second kappa shape index (κ2) is 16.3. The number of hydrogen-bond acceptors (Lipinski definition) is 5. The van der Waals surface area contributed by atoms with E-state index in [0.29, 0.717) is 17.4 Å². The number of aliphatic carboxylic acids is 1. The first-order valence-electron chi connectivity index (χ1n) is 10.7. The first-order chi connectivity index (χ1) is 13.1. The average molecular weight is 425 g/mol. The molecule has 0 spiro atoms. The highest BCUT2D eigenvalue weighted by Crippen LogP contribution is 2.30. The van der Waals surface area contributed by atoms with Crippen molar-refractivity contribution < 1.29 is 33.1 Å². The molecule has 2 N–H and O–H groups in total. The van der Waals surface area contributed by atoms with Gasteiger partial charge in [-0.25, -0.2) is 0 Å². The van der Waals surface area contributed by atoms with Crippen LogP contribution in [0.5, 0.6) is 0 Å². The number of quaternary nitrogens is 1. The molecule has 168 valence electrons. The summed E-state index contributed by atoms with van der Waals surface area (Å²) < 4.78 is 22.8. The van der Waals surface area contributed by atoms with E-state index in [1.165, 1.54) is 44.9 Å². The van der Waals surface area contributed by atoms with E-state index in [9.17, 15) is 14.5 Å². The van der Waals surface area contributed by atoms with E-state index in [2.05, 4.69) is 6.92 Å². The molecule has 3 atom stereocenters. The molecule has 0 aliphatic heterocycles. The van der Waals surface area contributed by atoms with E-state index >= 15 is 0 Å². The summed E-state index contributed by atoms with van der Waals surface area (Å²) in [6, 6.07) is 0. The van der Waals surface area contributed by atoms with Gasteiger partial charge in [0.15, 0.2) is 6.29 Å². The number of hydrogen-bond donors (Lipinski definition) is 2. The van der Waals surface area contributed by atoms with Crippen molar-refractivity contribution in [2.75, 3.05) is 27.7 Å². The summed E-state index contributed by atoms with van der Waals surface area (Å²) in [5, 5.41) is 18.8. The Morgan fingerprint density at radius 2 is 1.43 bits per heavy atom. The summed E-state index contributed by atoms with van der Waals surface area (Å²) in [7, 11) is 2.76. The summed E-state index contributed by atoms with van der Waals surface area (Å²) in [4.78, 5) is 10.9. The Labute approximate surface area is 171 Å². The van der Waals surface area contributed by atoms with Crippen molar-refractivity contribution in [3.05, 3.63) is 0 Å².